The highest BCUT2D eigenvalue weighted by Gasteiger charge is 2.49. The number of benzene rings is 2. The standard InChI is InChI=1S/C18H14F3N3O4/c1-26-10-3-5-14-12(7-10)17(11-6-9(22)2-4-13(11)28-14)8-27-16(24-17)23-15(25)18(19,20)21/h2-7H,8,22H2,1H3,(H,23,24,25)/t17-/m0/s1. The fraction of sp³-hybridized carbons (Fsp3) is 0.222. The first-order chi connectivity index (χ1) is 13.2. The number of fused-ring (bicyclic) bond motifs is 4. The van der Waals surface area contributed by atoms with Gasteiger partial charge in [0.15, 0.2) is 5.54 Å². The summed E-state index contributed by atoms with van der Waals surface area (Å²) in [7, 11) is 1.48. The zero-order valence-electron chi connectivity index (χ0n) is 14.5. The van der Waals surface area contributed by atoms with Crippen molar-refractivity contribution in [3.63, 3.8) is 0 Å². The highest BCUT2D eigenvalue weighted by Crippen LogP contribution is 2.52. The molecule has 28 heavy (non-hydrogen) atoms. The van der Waals surface area contributed by atoms with Crippen LogP contribution in [0.5, 0.6) is 17.2 Å². The minimum atomic E-state index is -5.07. The van der Waals surface area contributed by atoms with Crippen molar-refractivity contribution in [1.29, 1.82) is 0 Å². The van der Waals surface area contributed by atoms with E-state index in [-0.39, 0.29) is 6.61 Å². The van der Waals surface area contributed by atoms with E-state index in [0.29, 0.717) is 34.1 Å². The molecule has 4 rings (SSSR count). The summed E-state index contributed by atoms with van der Waals surface area (Å²) in [4.78, 5) is 15.6. The molecular weight excluding hydrogens is 379 g/mol. The molecule has 2 aromatic carbocycles. The molecule has 0 aromatic heterocycles. The van der Waals surface area contributed by atoms with Crippen LogP contribution < -0.4 is 20.5 Å². The first-order valence-electron chi connectivity index (χ1n) is 8.10. The van der Waals surface area contributed by atoms with E-state index in [2.05, 4.69) is 4.99 Å². The van der Waals surface area contributed by atoms with Crippen LogP contribution in [0, 0.1) is 0 Å². The maximum absolute atomic E-state index is 12.6. The van der Waals surface area contributed by atoms with Crippen molar-refractivity contribution in [3.05, 3.63) is 47.5 Å². The average Bonchev–Trinajstić information content (AvgIpc) is 3.06. The molecule has 0 saturated carbocycles. The number of aliphatic imine (C=N–C) groups is 1. The number of nitrogens with zero attached hydrogens (tertiary/aromatic N) is 1. The van der Waals surface area contributed by atoms with Crippen molar-refractivity contribution in [2.75, 3.05) is 19.5 Å². The molecule has 1 spiro atoms. The molecule has 0 aliphatic carbocycles. The number of alkyl halides is 3. The van der Waals surface area contributed by atoms with Crippen LogP contribution in [0.25, 0.3) is 0 Å². The van der Waals surface area contributed by atoms with Gasteiger partial charge in [0, 0.05) is 16.8 Å². The molecule has 1 amide bonds. The topological polar surface area (TPSA) is 95.2 Å². The van der Waals surface area contributed by atoms with E-state index < -0.39 is 23.6 Å². The van der Waals surface area contributed by atoms with Crippen LogP contribution in [0.15, 0.2) is 41.4 Å². The summed E-state index contributed by atoms with van der Waals surface area (Å²) in [6, 6.07) is 9.35. The van der Waals surface area contributed by atoms with Gasteiger partial charge in [0.25, 0.3) is 6.02 Å². The summed E-state index contributed by atoms with van der Waals surface area (Å²) in [5, 5.41) is 1.66. The van der Waals surface area contributed by atoms with E-state index in [1.165, 1.54) is 7.11 Å². The third-order valence-electron chi connectivity index (χ3n) is 4.49. The fourth-order valence-corrected chi connectivity index (χ4v) is 3.19. The maximum Gasteiger partial charge on any atom is 0.471 e. The van der Waals surface area contributed by atoms with Gasteiger partial charge >= 0.3 is 12.1 Å². The van der Waals surface area contributed by atoms with Crippen LogP contribution in [0.3, 0.4) is 0 Å². The molecule has 2 aliphatic heterocycles. The van der Waals surface area contributed by atoms with Gasteiger partial charge in [0.05, 0.1) is 7.11 Å². The molecule has 2 aromatic rings. The molecule has 0 unspecified atom stereocenters. The van der Waals surface area contributed by atoms with Gasteiger partial charge in [-0.3, -0.25) is 10.1 Å². The zero-order chi connectivity index (χ0) is 20.1. The normalized spacial score (nSPS) is 19.8. The van der Waals surface area contributed by atoms with Gasteiger partial charge in [0.1, 0.15) is 23.9 Å². The van der Waals surface area contributed by atoms with E-state index in [1.807, 2.05) is 0 Å². The smallest absolute Gasteiger partial charge is 0.471 e. The van der Waals surface area contributed by atoms with E-state index >= 15 is 0 Å². The number of hydrogen-bond donors (Lipinski definition) is 2. The Morgan fingerprint density at radius 3 is 2.57 bits per heavy atom. The summed E-state index contributed by atoms with van der Waals surface area (Å²) in [5.74, 6) is -0.803. The molecular formula is C18H14F3N3O4. The number of anilines is 1. The lowest BCUT2D eigenvalue weighted by molar-refractivity contribution is -0.172. The van der Waals surface area contributed by atoms with Crippen LogP contribution in [-0.4, -0.2) is 31.8 Å². The molecule has 0 bridgehead atoms. The molecule has 0 fully saturated rings. The first-order valence-corrected chi connectivity index (χ1v) is 8.10. The number of methoxy groups -OCH3 is 1. The van der Waals surface area contributed by atoms with Gasteiger partial charge in [-0.15, -0.1) is 0 Å². The minimum absolute atomic E-state index is 0.152. The fourth-order valence-electron chi connectivity index (χ4n) is 3.19. The summed E-state index contributed by atoms with van der Waals surface area (Å²) < 4.78 is 54.2. The molecule has 2 heterocycles. The Hall–Kier alpha value is -3.43. The number of ether oxygens (including phenoxy) is 3. The number of nitrogens with one attached hydrogen (secondary N) is 1. The number of nitrogens with two attached hydrogens (primary N) is 1. The number of amidine groups is 1. The Morgan fingerprint density at radius 1 is 1.21 bits per heavy atom. The third-order valence-corrected chi connectivity index (χ3v) is 4.49. The second-order valence-corrected chi connectivity index (χ2v) is 6.24. The van der Waals surface area contributed by atoms with Crippen LogP contribution in [0.1, 0.15) is 11.1 Å². The number of carbonyl (C=O) groups is 1. The highest BCUT2D eigenvalue weighted by atomic mass is 19.4. The van der Waals surface area contributed by atoms with Gasteiger partial charge in [0.2, 0.25) is 0 Å². The number of amides is 1. The Morgan fingerprint density at radius 2 is 1.89 bits per heavy atom. The van der Waals surface area contributed by atoms with Crippen LogP contribution in [0.2, 0.25) is 0 Å². The molecule has 7 nitrogen and oxygen atoms in total. The number of carbonyl (C=O) groups excluding carboxylic acids is 1. The maximum atomic E-state index is 12.6. The summed E-state index contributed by atoms with van der Waals surface area (Å²) in [5.41, 5.74) is 6.08. The number of nitrogen functional groups attached to an aromatic ring is 1. The molecule has 0 saturated heterocycles. The predicted octanol–water partition coefficient (Wildman–Crippen LogP) is 2.69. The monoisotopic (exact) mass is 393 g/mol. The third kappa shape index (κ3) is 2.77. The first kappa shape index (κ1) is 18.0. The quantitative estimate of drug-likeness (QED) is 0.727. The Balaban J connectivity index is 1.86. The summed E-state index contributed by atoms with van der Waals surface area (Å²) >= 11 is 0. The van der Waals surface area contributed by atoms with Gasteiger partial charge in [-0.2, -0.15) is 13.2 Å². The molecule has 3 N–H and O–H groups in total. The summed E-state index contributed by atoms with van der Waals surface area (Å²) in [6.07, 6.45) is -5.07. The van der Waals surface area contributed by atoms with Crippen molar-refractivity contribution in [1.82, 2.24) is 5.32 Å². The van der Waals surface area contributed by atoms with E-state index in [0.717, 1.165) is 0 Å². The Labute approximate surface area is 156 Å². The lowest BCUT2D eigenvalue weighted by Crippen LogP contribution is -2.40. The average molecular weight is 393 g/mol. The molecule has 1 atom stereocenters. The van der Waals surface area contributed by atoms with Crippen molar-refractivity contribution >= 4 is 17.6 Å². The zero-order valence-corrected chi connectivity index (χ0v) is 14.5. The second kappa shape index (κ2) is 6.04. The number of hydrogen-bond acceptors (Lipinski definition) is 6. The lowest BCUT2D eigenvalue weighted by Gasteiger charge is -2.33. The largest absolute Gasteiger partial charge is 0.497 e. The van der Waals surface area contributed by atoms with Crippen LogP contribution >= 0.6 is 0 Å². The number of halogens is 3. The van der Waals surface area contributed by atoms with Crippen molar-refractivity contribution in [2.45, 2.75) is 11.7 Å². The van der Waals surface area contributed by atoms with E-state index in [4.69, 9.17) is 19.9 Å². The lowest BCUT2D eigenvalue weighted by atomic mass is 9.81. The van der Waals surface area contributed by atoms with Crippen LogP contribution in [0.4, 0.5) is 18.9 Å². The van der Waals surface area contributed by atoms with E-state index in [1.54, 1.807) is 41.7 Å². The van der Waals surface area contributed by atoms with E-state index in [9.17, 15) is 18.0 Å². The number of rotatable bonds is 1. The van der Waals surface area contributed by atoms with Crippen molar-refractivity contribution < 1.29 is 32.2 Å². The minimum Gasteiger partial charge on any atom is -0.497 e. The van der Waals surface area contributed by atoms with Gasteiger partial charge in [-0.25, -0.2) is 4.99 Å². The van der Waals surface area contributed by atoms with Crippen molar-refractivity contribution in [2.24, 2.45) is 4.99 Å². The molecule has 2 aliphatic rings. The highest BCUT2D eigenvalue weighted by molar-refractivity contribution is 5.98. The van der Waals surface area contributed by atoms with Gasteiger partial charge < -0.3 is 19.9 Å². The SMILES string of the molecule is COc1ccc2c(c1)[C@]1(COC(NC(=O)C(F)(F)F)=N1)c1cc(N)ccc1O2. The Bertz CT molecular complexity index is 1010. The van der Waals surface area contributed by atoms with Gasteiger partial charge in [-0.05, 0) is 36.4 Å². The Kier molecular flexibility index (Phi) is 3.88. The van der Waals surface area contributed by atoms with Gasteiger partial charge in [-0.1, -0.05) is 0 Å². The molecule has 10 heteroatoms. The van der Waals surface area contributed by atoms with Crippen molar-refractivity contribution in [3.8, 4) is 17.2 Å². The summed E-state index contributed by atoms with van der Waals surface area (Å²) in [6.45, 7) is -0.152. The molecule has 146 valence electrons. The second-order valence-electron chi connectivity index (χ2n) is 6.24. The predicted molar refractivity (Wildman–Crippen MR) is 92.3 cm³/mol. The molecule has 0 radical (unpaired) electrons. The van der Waals surface area contributed by atoms with Crippen LogP contribution in [-0.2, 0) is 15.1 Å².